The van der Waals surface area contributed by atoms with Gasteiger partial charge in [-0.3, -0.25) is 4.98 Å². The first-order valence-electron chi connectivity index (χ1n) is 8.84. The van der Waals surface area contributed by atoms with Crippen LogP contribution in [0.2, 0.25) is 0 Å². The maximum atomic E-state index is 5.28. The number of pyridine rings is 1. The van der Waals surface area contributed by atoms with Gasteiger partial charge in [0.2, 0.25) is 0 Å². The van der Waals surface area contributed by atoms with Gasteiger partial charge in [0.05, 0.1) is 11.9 Å². The summed E-state index contributed by atoms with van der Waals surface area (Å²) in [6.07, 6.45) is 10.2. The highest BCUT2D eigenvalue weighted by Gasteiger charge is 2.21. The lowest BCUT2D eigenvalue weighted by Crippen LogP contribution is -2.28. The predicted molar refractivity (Wildman–Crippen MR) is 97.5 cm³/mol. The topological polar surface area (TPSA) is 64.3 Å². The number of imidazole rings is 1. The van der Waals surface area contributed by atoms with E-state index in [2.05, 4.69) is 15.3 Å². The number of fused-ring (bicyclic) bond motifs is 1. The molecule has 0 atom stereocenters. The van der Waals surface area contributed by atoms with E-state index in [0.29, 0.717) is 12.0 Å². The fourth-order valence-corrected chi connectivity index (χ4v) is 3.59. The van der Waals surface area contributed by atoms with Gasteiger partial charge in [-0.2, -0.15) is 0 Å². The SMILES string of the molecule is COCC1CCC(Nc2ccc3ncc(-c4ccncc4)n3n2)CC1. The van der Waals surface area contributed by atoms with Crippen LogP contribution in [-0.2, 0) is 4.74 Å². The highest BCUT2D eigenvalue weighted by Crippen LogP contribution is 2.27. The summed E-state index contributed by atoms with van der Waals surface area (Å²) in [5.41, 5.74) is 2.89. The van der Waals surface area contributed by atoms with Gasteiger partial charge in [-0.1, -0.05) is 0 Å². The minimum atomic E-state index is 0.478. The summed E-state index contributed by atoms with van der Waals surface area (Å²) in [6.45, 7) is 0.876. The summed E-state index contributed by atoms with van der Waals surface area (Å²) in [4.78, 5) is 8.53. The molecule has 25 heavy (non-hydrogen) atoms. The van der Waals surface area contributed by atoms with E-state index >= 15 is 0 Å². The Hall–Kier alpha value is -2.47. The van der Waals surface area contributed by atoms with Crippen molar-refractivity contribution < 1.29 is 4.74 Å². The number of methoxy groups -OCH3 is 1. The third kappa shape index (κ3) is 3.49. The van der Waals surface area contributed by atoms with E-state index in [1.807, 2.05) is 35.0 Å². The van der Waals surface area contributed by atoms with Gasteiger partial charge < -0.3 is 10.1 Å². The van der Waals surface area contributed by atoms with Crippen LogP contribution in [0.4, 0.5) is 5.82 Å². The number of rotatable bonds is 5. The summed E-state index contributed by atoms with van der Waals surface area (Å²) >= 11 is 0. The second kappa shape index (κ2) is 7.19. The molecule has 0 radical (unpaired) electrons. The molecule has 1 saturated carbocycles. The Bertz CT molecular complexity index is 824. The second-order valence-electron chi connectivity index (χ2n) is 6.69. The third-order valence-electron chi connectivity index (χ3n) is 4.94. The van der Waals surface area contributed by atoms with E-state index in [1.165, 1.54) is 12.8 Å². The largest absolute Gasteiger partial charge is 0.384 e. The molecule has 6 heteroatoms. The zero-order valence-electron chi connectivity index (χ0n) is 14.4. The van der Waals surface area contributed by atoms with E-state index in [9.17, 15) is 0 Å². The van der Waals surface area contributed by atoms with Crippen LogP contribution in [-0.4, -0.2) is 39.3 Å². The molecule has 3 heterocycles. The highest BCUT2D eigenvalue weighted by atomic mass is 16.5. The van der Waals surface area contributed by atoms with Crippen LogP contribution < -0.4 is 5.32 Å². The van der Waals surface area contributed by atoms with Gasteiger partial charge in [-0.05, 0) is 55.9 Å². The van der Waals surface area contributed by atoms with Crippen molar-refractivity contribution >= 4 is 11.5 Å². The Kier molecular flexibility index (Phi) is 4.61. The van der Waals surface area contributed by atoms with Gasteiger partial charge in [0.1, 0.15) is 5.82 Å². The average Bonchev–Trinajstić information content (AvgIpc) is 3.08. The number of hydrogen-bond acceptors (Lipinski definition) is 5. The molecule has 0 unspecified atom stereocenters. The molecule has 130 valence electrons. The summed E-state index contributed by atoms with van der Waals surface area (Å²) in [7, 11) is 1.79. The molecule has 1 aliphatic rings. The van der Waals surface area contributed by atoms with E-state index in [4.69, 9.17) is 9.84 Å². The van der Waals surface area contributed by atoms with Crippen molar-refractivity contribution in [3.05, 3.63) is 42.9 Å². The number of nitrogens with zero attached hydrogens (tertiary/aromatic N) is 4. The van der Waals surface area contributed by atoms with Gasteiger partial charge in [0.15, 0.2) is 5.65 Å². The quantitative estimate of drug-likeness (QED) is 0.773. The molecule has 4 rings (SSSR count). The van der Waals surface area contributed by atoms with Crippen LogP contribution >= 0.6 is 0 Å². The van der Waals surface area contributed by atoms with Crippen molar-refractivity contribution in [1.29, 1.82) is 0 Å². The van der Waals surface area contributed by atoms with E-state index < -0.39 is 0 Å². The number of hydrogen-bond donors (Lipinski definition) is 1. The molecule has 0 spiro atoms. The van der Waals surface area contributed by atoms with Crippen molar-refractivity contribution in [3.8, 4) is 11.3 Å². The summed E-state index contributed by atoms with van der Waals surface area (Å²) in [5, 5.41) is 8.35. The number of nitrogens with one attached hydrogen (secondary N) is 1. The van der Waals surface area contributed by atoms with E-state index in [1.54, 1.807) is 19.5 Å². The van der Waals surface area contributed by atoms with E-state index in [0.717, 1.165) is 42.2 Å². The van der Waals surface area contributed by atoms with Crippen LogP contribution in [0.5, 0.6) is 0 Å². The molecular weight excluding hydrogens is 314 g/mol. The Labute approximate surface area is 147 Å². The molecule has 1 aliphatic carbocycles. The molecule has 0 amide bonds. The Morgan fingerprint density at radius 3 is 2.68 bits per heavy atom. The fourth-order valence-electron chi connectivity index (χ4n) is 3.59. The molecule has 6 nitrogen and oxygen atoms in total. The average molecular weight is 337 g/mol. The van der Waals surface area contributed by atoms with Crippen molar-refractivity contribution in [2.75, 3.05) is 19.0 Å². The minimum Gasteiger partial charge on any atom is -0.384 e. The fraction of sp³-hybridized carbons (Fsp3) is 0.421. The lowest BCUT2D eigenvalue weighted by atomic mass is 9.86. The lowest BCUT2D eigenvalue weighted by molar-refractivity contribution is 0.129. The minimum absolute atomic E-state index is 0.478. The summed E-state index contributed by atoms with van der Waals surface area (Å²) in [5.74, 6) is 1.60. The number of anilines is 1. The predicted octanol–water partition coefficient (Wildman–Crippen LogP) is 3.41. The molecule has 0 saturated heterocycles. The first kappa shape index (κ1) is 16.0. The van der Waals surface area contributed by atoms with Crippen LogP contribution in [0.15, 0.2) is 42.9 Å². The van der Waals surface area contributed by atoms with Crippen molar-refractivity contribution in [2.24, 2.45) is 5.92 Å². The van der Waals surface area contributed by atoms with Gasteiger partial charge in [0, 0.05) is 37.7 Å². The van der Waals surface area contributed by atoms with Crippen LogP contribution in [0, 0.1) is 5.92 Å². The normalized spacial score (nSPS) is 20.7. The van der Waals surface area contributed by atoms with Gasteiger partial charge >= 0.3 is 0 Å². The summed E-state index contributed by atoms with van der Waals surface area (Å²) < 4.78 is 7.18. The standard InChI is InChI=1S/C19H23N5O/c1-25-13-14-2-4-16(5-3-14)22-18-6-7-19-21-12-17(24(19)23-18)15-8-10-20-11-9-15/h6-12,14,16H,2-5,13H2,1H3,(H,22,23). The van der Waals surface area contributed by atoms with Gasteiger partial charge in [0.25, 0.3) is 0 Å². The number of ether oxygens (including phenoxy) is 1. The Morgan fingerprint density at radius 2 is 1.92 bits per heavy atom. The van der Waals surface area contributed by atoms with Crippen LogP contribution in [0.25, 0.3) is 16.9 Å². The van der Waals surface area contributed by atoms with Crippen molar-refractivity contribution in [1.82, 2.24) is 19.6 Å². The van der Waals surface area contributed by atoms with Crippen LogP contribution in [0.3, 0.4) is 0 Å². The second-order valence-corrected chi connectivity index (χ2v) is 6.69. The zero-order valence-corrected chi connectivity index (χ0v) is 14.4. The van der Waals surface area contributed by atoms with E-state index in [-0.39, 0.29) is 0 Å². The lowest BCUT2D eigenvalue weighted by Gasteiger charge is -2.28. The summed E-state index contributed by atoms with van der Waals surface area (Å²) in [6, 6.07) is 8.45. The third-order valence-corrected chi connectivity index (χ3v) is 4.94. The van der Waals surface area contributed by atoms with Crippen LogP contribution in [0.1, 0.15) is 25.7 Å². The zero-order chi connectivity index (χ0) is 17.1. The molecule has 0 aliphatic heterocycles. The van der Waals surface area contributed by atoms with Gasteiger partial charge in [-0.15, -0.1) is 5.10 Å². The molecule has 3 aromatic rings. The first-order valence-corrected chi connectivity index (χ1v) is 8.84. The molecule has 0 bridgehead atoms. The van der Waals surface area contributed by atoms with Crippen molar-refractivity contribution in [2.45, 2.75) is 31.7 Å². The maximum Gasteiger partial charge on any atom is 0.154 e. The first-order chi connectivity index (χ1) is 12.3. The van der Waals surface area contributed by atoms with Gasteiger partial charge in [-0.25, -0.2) is 9.50 Å². The maximum absolute atomic E-state index is 5.28. The molecule has 1 fully saturated rings. The highest BCUT2D eigenvalue weighted by molar-refractivity contribution is 5.63. The number of aromatic nitrogens is 4. The molecular formula is C19H23N5O. The molecule has 0 aromatic carbocycles. The monoisotopic (exact) mass is 337 g/mol. The molecule has 3 aromatic heterocycles. The Balaban J connectivity index is 1.52. The van der Waals surface area contributed by atoms with Crippen molar-refractivity contribution in [3.63, 3.8) is 0 Å². The molecule has 1 N–H and O–H groups in total. The Morgan fingerprint density at radius 1 is 1.12 bits per heavy atom. The smallest absolute Gasteiger partial charge is 0.154 e.